The van der Waals surface area contributed by atoms with E-state index in [1.807, 2.05) is 13.8 Å². The molecule has 0 aliphatic carbocycles. The van der Waals surface area contributed by atoms with Gasteiger partial charge in [0, 0.05) is 17.6 Å². The zero-order valence-electron chi connectivity index (χ0n) is 17.3. The van der Waals surface area contributed by atoms with Crippen LogP contribution in [-0.4, -0.2) is 23.2 Å². The molecule has 3 aromatic rings. The number of rotatable bonds is 8. The maximum atomic E-state index is 13.4. The highest BCUT2D eigenvalue weighted by Gasteiger charge is 2.35. The van der Waals surface area contributed by atoms with Crippen molar-refractivity contribution in [2.24, 2.45) is 0 Å². The molecule has 1 aromatic heterocycles. The zero-order valence-corrected chi connectivity index (χ0v) is 17.3. The summed E-state index contributed by atoms with van der Waals surface area (Å²) in [7, 11) is 1.51. The van der Waals surface area contributed by atoms with Gasteiger partial charge >= 0.3 is 6.18 Å². The molecule has 1 unspecified atom stereocenters. The quantitative estimate of drug-likeness (QED) is 0.444. The number of benzene rings is 2. The minimum absolute atomic E-state index is 0.0274. The van der Waals surface area contributed by atoms with Crippen LogP contribution in [0.4, 0.5) is 36.3 Å². The Balaban J connectivity index is 1.82. The molecule has 0 amide bonds. The third kappa shape index (κ3) is 6.00. The molecule has 1 atom stereocenters. The lowest BCUT2D eigenvalue weighted by atomic mass is 10.2. The van der Waals surface area contributed by atoms with Gasteiger partial charge < -0.3 is 20.1 Å². The van der Waals surface area contributed by atoms with Gasteiger partial charge in [0.15, 0.2) is 0 Å². The van der Waals surface area contributed by atoms with Gasteiger partial charge in [-0.2, -0.15) is 18.2 Å². The summed E-state index contributed by atoms with van der Waals surface area (Å²) in [5.74, 6) is 0.967. The van der Waals surface area contributed by atoms with Crippen LogP contribution in [0.5, 0.6) is 11.5 Å². The third-order valence-corrected chi connectivity index (χ3v) is 4.47. The van der Waals surface area contributed by atoms with Crippen LogP contribution < -0.4 is 20.1 Å². The molecule has 0 aliphatic rings. The molecule has 0 saturated carbocycles. The molecule has 0 fully saturated rings. The lowest BCUT2D eigenvalue weighted by Crippen LogP contribution is -2.12. The largest absolute Gasteiger partial charge is 0.497 e. The molecule has 164 valence electrons. The first-order chi connectivity index (χ1) is 14.8. The molecular formula is C22H23F3N4O2. The van der Waals surface area contributed by atoms with E-state index in [0.717, 1.165) is 12.6 Å². The van der Waals surface area contributed by atoms with E-state index in [1.165, 1.54) is 7.11 Å². The highest BCUT2D eigenvalue weighted by Crippen LogP contribution is 2.35. The summed E-state index contributed by atoms with van der Waals surface area (Å²) >= 11 is 0. The van der Waals surface area contributed by atoms with Gasteiger partial charge in [-0.1, -0.05) is 6.92 Å². The Morgan fingerprint density at radius 2 is 1.52 bits per heavy atom. The predicted octanol–water partition coefficient (Wildman–Crippen LogP) is 6.17. The standard InChI is InChI=1S/C22H23F3N4O2/c1-4-14(2)31-18-11-7-16(8-12-18)28-21-26-13-19(22(23,24)25)20(29-21)27-15-5-9-17(30-3)10-6-15/h5-14H,4H2,1-3H3,(H2,26,27,28,29). The molecule has 0 spiro atoms. The Morgan fingerprint density at radius 1 is 0.935 bits per heavy atom. The van der Waals surface area contributed by atoms with Crippen molar-refractivity contribution < 1.29 is 22.6 Å². The summed E-state index contributed by atoms with van der Waals surface area (Å²) in [4.78, 5) is 7.86. The van der Waals surface area contributed by atoms with Crippen molar-refractivity contribution in [3.63, 3.8) is 0 Å². The lowest BCUT2D eigenvalue weighted by Gasteiger charge is -2.15. The maximum absolute atomic E-state index is 13.4. The highest BCUT2D eigenvalue weighted by atomic mass is 19.4. The van der Waals surface area contributed by atoms with Gasteiger partial charge in [-0.15, -0.1) is 0 Å². The average molecular weight is 432 g/mol. The van der Waals surface area contributed by atoms with Crippen molar-refractivity contribution in [1.29, 1.82) is 0 Å². The Kier molecular flexibility index (Phi) is 6.84. The van der Waals surface area contributed by atoms with E-state index in [0.29, 0.717) is 22.9 Å². The number of alkyl halides is 3. The summed E-state index contributed by atoms with van der Waals surface area (Å²) in [6.45, 7) is 4.00. The van der Waals surface area contributed by atoms with Crippen molar-refractivity contribution in [2.75, 3.05) is 17.7 Å². The van der Waals surface area contributed by atoms with Crippen molar-refractivity contribution in [1.82, 2.24) is 9.97 Å². The molecular weight excluding hydrogens is 409 g/mol. The van der Waals surface area contributed by atoms with E-state index in [9.17, 15) is 13.2 Å². The van der Waals surface area contributed by atoms with E-state index in [-0.39, 0.29) is 17.9 Å². The second-order valence-electron chi connectivity index (χ2n) is 6.79. The van der Waals surface area contributed by atoms with Crippen LogP contribution in [-0.2, 0) is 6.18 Å². The van der Waals surface area contributed by atoms with E-state index in [1.54, 1.807) is 48.5 Å². The minimum Gasteiger partial charge on any atom is -0.497 e. The second-order valence-corrected chi connectivity index (χ2v) is 6.79. The van der Waals surface area contributed by atoms with Gasteiger partial charge in [-0.3, -0.25) is 0 Å². The summed E-state index contributed by atoms with van der Waals surface area (Å²) in [6, 6.07) is 13.5. The molecule has 0 bridgehead atoms. The minimum atomic E-state index is -4.61. The number of anilines is 4. The zero-order chi connectivity index (χ0) is 22.4. The van der Waals surface area contributed by atoms with Crippen LogP contribution >= 0.6 is 0 Å². The fraction of sp³-hybridized carbons (Fsp3) is 0.273. The molecule has 2 aromatic carbocycles. The Morgan fingerprint density at radius 3 is 2.06 bits per heavy atom. The molecule has 0 aliphatic heterocycles. The molecule has 1 heterocycles. The molecule has 6 nitrogen and oxygen atoms in total. The van der Waals surface area contributed by atoms with Gasteiger partial charge in [0.05, 0.1) is 13.2 Å². The number of halogens is 3. The number of hydrogen-bond acceptors (Lipinski definition) is 6. The van der Waals surface area contributed by atoms with Crippen molar-refractivity contribution in [3.8, 4) is 11.5 Å². The monoisotopic (exact) mass is 432 g/mol. The molecule has 31 heavy (non-hydrogen) atoms. The van der Waals surface area contributed by atoms with Crippen molar-refractivity contribution >= 4 is 23.1 Å². The maximum Gasteiger partial charge on any atom is 0.421 e. The number of ether oxygens (including phenoxy) is 2. The molecule has 2 N–H and O–H groups in total. The topological polar surface area (TPSA) is 68.3 Å². The van der Waals surface area contributed by atoms with Crippen LogP contribution in [0.25, 0.3) is 0 Å². The Bertz CT molecular complexity index is 993. The number of aromatic nitrogens is 2. The van der Waals surface area contributed by atoms with Crippen LogP contribution in [0, 0.1) is 0 Å². The van der Waals surface area contributed by atoms with Crippen LogP contribution in [0.3, 0.4) is 0 Å². The smallest absolute Gasteiger partial charge is 0.421 e. The normalized spacial score (nSPS) is 12.2. The first-order valence-electron chi connectivity index (χ1n) is 9.67. The Labute approximate surface area is 178 Å². The van der Waals surface area contributed by atoms with Gasteiger partial charge in [0.25, 0.3) is 0 Å². The van der Waals surface area contributed by atoms with Gasteiger partial charge in [0.1, 0.15) is 22.9 Å². The summed E-state index contributed by atoms with van der Waals surface area (Å²) < 4.78 is 51.1. The summed E-state index contributed by atoms with van der Waals surface area (Å²) in [6.07, 6.45) is -2.89. The molecule has 9 heteroatoms. The van der Waals surface area contributed by atoms with Crippen molar-refractivity contribution in [2.45, 2.75) is 32.5 Å². The van der Waals surface area contributed by atoms with Gasteiger partial charge in [0.2, 0.25) is 5.95 Å². The van der Waals surface area contributed by atoms with E-state index < -0.39 is 11.7 Å². The Hall–Kier alpha value is -3.49. The first kappa shape index (κ1) is 22.2. The molecule has 3 rings (SSSR count). The van der Waals surface area contributed by atoms with Crippen LogP contribution in [0.1, 0.15) is 25.8 Å². The third-order valence-electron chi connectivity index (χ3n) is 4.47. The van der Waals surface area contributed by atoms with Gasteiger partial charge in [-0.25, -0.2) is 4.98 Å². The fourth-order valence-corrected chi connectivity index (χ4v) is 2.62. The highest BCUT2D eigenvalue weighted by molar-refractivity contribution is 5.63. The lowest BCUT2D eigenvalue weighted by molar-refractivity contribution is -0.137. The van der Waals surface area contributed by atoms with E-state index in [4.69, 9.17) is 9.47 Å². The number of hydrogen-bond donors (Lipinski definition) is 2. The molecule has 0 radical (unpaired) electrons. The SMILES string of the molecule is CCC(C)Oc1ccc(Nc2ncc(C(F)(F)F)c(Nc3ccc(OC)cc3)n2)cc1. The average Bonchev–Trinajstić information content (AvgIpc) is 2.75. The number of nitrogens with zero attached hydrogens (tertiary/aromatic N) is 2. The number of nitrogens with one attached hydrogen (secondary N) is 2. The molecule has 0 saturated heterocycles. The summed E-state index contributed by atoms with van der Waals surface area (Å²) in [5.41, 5.74) is 0.0836. The second kappa shape index (κ2) is 9.55. The van der Waals surface area contributed by atoms with E-state index in [2.05, 4.69) is 20.6 Å². The fourth-order valence-electron chi connectivity index (χ4n) is 2.62. The van der Waals surface area contributed by atoms with Crippen molar-refractivity contribution in [3.05, 3.63) is 60.3 Å². The van der Waals surface area contributed by atoms with Gasteiger partial charge in [-0.05, 0) is 61.9 Å². The van der Waals surface area contributed by atoms with Crippen LogP contribution in [0.2, 0.25) is 0 Å². The first-order valence-corrected chi connectivity index (χ1v) is 9.67. The number of methoxy groups -OCH3 is 1. The summed E-state index contributed by atoms with van der Waals surface area (Å²) in [5, 5.41) is 5.62. The predicted molar refractivity (Wildman–Crippen MR) is 113 cm³/mol. The van der Waals surface area contributed by atoms with E-state index >= 15 is 0 Å². The van der Waals surface area contributed by atoms with Crippen LogP contribution in [0.15, 0.2) is 54.7 Å².